The molecule has 0 amide bonds. The number of ether oxygens (including phenoxy) is 1. The molecule has 0 saturated carbocycles. The predicted molar refractivity (Wildman–Crippen MR) is 78.6 cm³/mol. The van der Waals surface area contributed by atoms with Crippen LogP contribution in [0.2, 0.25) is 0 Å². The molecule has 5 nitrogen and oxygen atoms in total. The highest BCUT2D eigenvalue weighted by Gasteiger charge is 2.33. The van der Waals surface area contributed by atoms with Crippen LogP contribution in [-0.2, 0) is 11.8 Å². The molecular weight excluding hydrogens is 252 g/mol. The molecule has 0 aromatic carbocycles. The first kappa shape index (κ1) is 14.0. The molecule has 5 heteroatoms. The predicted octanol–water partition coefficient (Wildman–Crippen LogP) is 1.32. The molecule has 2 aliphatic heterocycles. The van der Waals surface area contributed by atoms with Gasteiger partial charge in [0.25, 0.3) is 0 Å². The summed E-state index contributed by atoms with van der Waals surface area (Å²) < 4.78 is 7.88. The van der Waals surface area contributed by atoms with E-state index in [4.69, 9.17) is 4.74 Å². The summed E-state index contributed by atoms with van der Waals surface area (Å²) in [6.07, 6.45) is 5.62. The lowest BCUT2D eigenvalue weighted by molar-refractivity contribution is 0.0862. The second kappa shape index (κ2) is 6.24. The Labute approximate surface area is 121 Å². The number of hydrogen-bond acceptors (Lipinski definition) is 4. The van der Waals surface area contributed by atoms with E-state index in [1.54, 1.807) is 0 Å². The maximum Gasteiger partial charge on any atom is 0.114 e. The molecule has 0 aliphatic carbocycles. The van der Waals surface area contributed by atoms with Gasteiger partial charge in [-0.3, -0.25) is 4.68 Å². The van der Waals surface area contributed by atoms with E-state index < -0.39 is 0 Å². The Morgan fingerprint density at radius 3 is 2.80 bits per heavy atom. The van der Waals surface area contributed by atoms with Crippen molar-refractivity contribution >= 4 is 0 Å². The molecule has 0 bridgehead atoms. The van der Waals surface area contributed by atoms with Gasteiger partial charge in [0, 0.05) is 31.9 Å². The number of nitrogens with zero attached hydrogens (tertiary/aromatic N) is 3. The minimum absolute atomic E-state index is 0.159. The van der Waals surface area contributed by atoms with E-state index in [9.17, 15) is 0 Å². The van der Waals surface area contributed by atoms with Crippen molar-refractivity contribution in [1.29, 1.82) is 0 Å². The van der Waals surface area contributed by atoms with Gasteiger partial charge in [0.15, 0.2) is 0 Å². The number of aromatic nitrogens is 2. The standard InChI is InChI=1S/C15H26N4O/c1-3-19-9-5-12(6-10-19)17-13-7-11-20-15(13)14-4-8-16-18(14)2/h4,8,12-13,15,17H,3,5-7,9-11H2,1-2H3/t13-,15-/m0/s1. The summed E-state index contributed by atoms with van der Waals surface area (Å²) in [4.78, 5) is 2.53. The third-order valence-corrected chi connectivity index (χ3v) is 4.73. The summed E-state index contributed by atoms with van der Waals surface area (Å²) in [6, 6.07) is 3.15. The van der Waals surface area contributed by atoms with Gasteiger partial charge in [-0.2, -0.15) is 5.10 Å². The lowest BCUT2D eigenvalue weighted by Crippen LogP contribution is -2.47. The van der Waals surface area contributed by atoms with Crippen LogP contribution in [-0.4, -0.2) is 53.0 Å². The Morgan fingerprint density at radius 1 is 1.35 bits per heavy atom. The summed E-state index contributed by atoms with van der Waals surface area (Å²) in [7, 11) is 1.99. The van der Waals surface area contributed by atoms with Gasteiger partial charge < -0.3 is 15.0 Å². The molecule has 0 unspecified atom stereocenters. The fourth-order valence-corrected chi connectivity index (χ4v) is 3.43. The topological polar surface area (TPSA) is 42.3 Å². The van der Waals surface area contributed by atoms with Crippen LogP contribution < -0.4 is 5.32 Å². The Hall–Kier alpha value is -0.910. The minimum atomic E-state index is 0.159. The highest BCUT2D eigenvalue weighted by molar-refractivity contribution is 5.09. The molecule has 1 N–H and O–H groups in total. The maximum absolute atomic E-state index is 5.94. The fourth-order valence-electron chi connectivity index (χ4n) is 3.43. The van der Waals surface area contributed by atoms with E-state index >= 15 is 0 Å². The van der Waals surface area contributed by atoms with Gasteiger partial charge >= 0.3 is 0 Å². The first-order valence-corrected chi connectivity index (χ1v) is 7.86. The lowest BCUT2D eigenvalue weighted by atomic mass is 10.0. The molecule has 2 atom stereocenters. The number of hydrogen-bond donors (Lipinski definition) is 1. The maximum atomic E-state index is 5.94. The van der Waals surface area contributed by atoms with Crippen molar-refractivity contribution in [3.63, 3.8) is 0 Å². The third kappa shape index (κ3) is 2.90. The van der Waals surface area contributed by atoms with Gasteiger partial charge in [-0.15, -0.1) is 0 Å². The zero-order valence-electron chi connectivity index (χ0n) is 12.6. The second-order valence-corrected chi connectivity index (χ2v) is 5.94. The van der Waals surface area contributed by atoms with Crippen molar-refractivity contribution in [3.8, 4) is 0 Å². The summed E-state index contributed by atoms with van der Waals surface area (Å²) in [5.74, 6) is 0. The van der Waals surface area contributed by atoms with Crippen molar-refractivity contribution in [2.45, 2.75) is 44.4 Å². The SMILES string of the molecule is CCN1CCC(N[C@H]2CCO[C@@H]2c2ccnn2C)CC1. The van der Waals surface area contributed by atoms with E-state index in [1.165, 1.54) is 38.2 Å². The van der Waals surface area contributed by atoms with Gasteiger partial charge in [0.1, 0.15) is 6.10 Å². The molecule has 0 radical (unpaired) electrons. The average Bonchev–Trinajstić information content (AvgIpc) is 3.08. The van der Waals surface area contributed by atoms with Gasteiger partial charge in [-0.05, 0) is 45.0 Å². The van der Waals surface area contributed by atoms with E-state index in [1.807, 2.05) is 17.9 Å². The van der Waals surface area contributed by atoms with Crippen LogP contribution in [0.5, 0.6) is 0 Å². The normalized spacial score (nSPS) is 29.1. The molecule has 2 aliphatic rings. The summed E-state index contributed by atoms with van der Waals surface area (Å²) in [5.41, 5.74) is 1.19. The van der Waals surface area contributed by atoms with Crippen molar-refractivity contribution < 1.29 is 4.74 Å². The van der Waals surface area contributed by atoms with Crippen molar-refractivity contribution in [1.82, 2.24) is 20.0 Å². The van der Waals surface area contributed by atoms with E-state index in [-0.39, 0.29) is 6.10 Å². The first-order chi connectivity index (χ1) is 9.78. The third-order valence-electron chi connectivity index (χ3n) is 4.73. The zero-order valence-corrected chi connectivity index (χ0v) is 12.6. The summed E-state index contributed by atoms with van der Waals surface area (Å²) in [5, 5.41) is 8.10. The number of aryl methyl sites for hydroxylation is 1. The number of nitrogens with one attached hydrogen (secondary N) is 1. The molecule has 3 heterocycles. The van der Waals surface area contributed by atoms with Gasteiger partial charge in [-0.1, -0.05) is 6.92 Å². The van der Waals surface area contributed by atoms with Crippen LogP contribution in [0.1, 0.15) is 38.0 Å². The first-order valence-electron chi connectivity index (χ1n) is 7.86. The number of piperidine rings is 1. The molecule has 20 heavy (non-hydrogen) atoms. The zero-order chi connectivity index (χ0) is 13.9. The van der Waals surface area contributed by atoms with Crippen molar-refractivity contribution in [2.24, 2.45) is 7.05 Å². The Bertz CT molecular complexity index is 425. The molecule has 0 spiro atoms. The van der Waals surface area contributed by atoms with Crippen molar-refractivity contribution in [3.05, 3.63) is 18.0 Å². The van der Waals surface area contributed by atoms with E-state index in [0.29, 0.717) is 12.1 Å². The van der Waals surface area contributed by atoms with Gasteiger partial charge in [0.05, 0.1) is 5.69 Å². The number of rotatable bonds is 4. The van der Waals surface area contributed by atoms with E-state index in [0.717, 1.165) is 13.0 Å². The average molecular weight is 278 g/mol. The van der Waals surface area contributed by atoms with Crippen LogP contribution in [0, 0.1) is 0 Å². The highest BCUT2D eigenvalue weighted by Crippen LogP contribution is 2.29. The van der Waals surface area contributed by atoms with Crippen molar-refractivity contribution in [2.75, 3.05) is 26.2 Å². The van der Waals surface area contributed by atoms with Crippen LogP contribution in [0.25, 0.3) is 0 Å². The Balaban J connectivity index is 1.58. The Kier molecular flexibility index (Phi) is 4.38. The minimum Gasteiger partial charge on any atom is -0.370 e. The summed E-state index contributed by atoms with van der Waals surface area (Å²) >= 11 is 0. The van der Waals surface area contributed by atoms with E-state index in [2.05, 4.69) is 28.3 Å². The molecule has 1 aromatic rings. The lowest BCUT2D eigenvalue weighted by Gasteiger charge is -2.34. The quantitative estimate of drug-likeness (QED) is 0.902. The second-order valence-electron chi connectivity index (χ2n) is 5.94. The molecule has 3 rings (SSSR count). The number of likely N-dealkylation sites (tertiary alicyclic amines) is 1. The monoisotopic (exact) mass is 278 g/mol. The van der Waals surface area contributed by atoms with Gasteiger partial charge in [0.2, 0.25) is 0 Å². The fraction of sp³-hybridized carbons (Fsp3) is 0.800. The van der Waals surface area contributed by atoms with Gasteiger partial charge in [-0.25, -0.2) is 0 Å². The molecule has 112 valence electrons. The summed E-state index contributed by atoms with van der Waals surface area (Å²) in [6.45, 7) is 6.71. The van der Waals surface area contributed by atoms with Crippen LogP contribution in [0.15, 0.2) is 12.3 Å². The van der Waals surface area contributed by atoms with Crippen LogP contribution in [0.4, 0.5) is 0 Å². The van der Waals surface area contributed by atoms with Crippen LogP contribution >= 0.6 is 0 Å². The smallest absolute Gasteiger partial charge is 0.114 e. The molecule has 1 aromatic heterocycles. The molecular formula is C15H26N4O. The largest absolute Gasteiger partial charge is 0.370 e. The molecule has 2 saturated heterocycles. The Morgan fingerprint density at radius 2 is 2.15 bits per heavy atom. The highest BCUT2D eigenvalue weighted by atomic mass is 16.5. The molecule has 2 fully saturated rings. The van der Waals surface area contributed by atoms with Crippen LogP contribution in [0.3, 0.4) is 0 Å².